The van der Waals surface area contributed by atoms with Crippen LogP contribution in [0.25, 0.3) is 0 Å². The first-order chi connectivity index (χ1) is 34.7. The number of benzene rings is 6. The fourth-order valence-electron chi connectivity index (χ4n) is 7.34. The van der Waals surface area contributed by atoms with E-state index >= 15 is 0 Å². The van der Waals surface area contributed by atoms with Crippen LogP contribution in [-0.2, 0) is 24.5 Å². The topological polar surface area (TPSA) is 220 Å². The molecule has 370 valence electrons. The predicted molar refractivity (Wildman–Crippen MR) is 276 cm³/mol. The first kappa shape index (κ1) is 53.0. The van der Waals surface area contributed by atoms with Crippen LogP contribution in [0.3, 0.4) is 0 Å². The van der Waals surface area contributed by atoms with E-state index in [1.807, 2.05) is 13.0 Å². The third kappa shape index (κ3) is 13.1. The molecule has 0 fully saturated rings. The molecule has 73 heavy (non-hydrogen) atoms. The van der Waals surface area contributed by atoms with E-state index in [0.29, 0.717) is 33.6 Å². The molecule has 6 rings (SSSR count). The second kappa shape index (κ2) is 23.0. The number of hydrogen-bond donors (Lipinski definition) is 4. The van der Waals surface area contributed by atoms with E-state index < -0.39 is 59.9 Å². The molecule has 0 aliphatic heterocycles. The molecule has 4 N–H and O–H groups in total. The van der Waals surface area contributed by atoms with Gasteiger partial charge in [-0.15, -0.1) is 0 Å². The van der Waals surface area contributed by atoms with Crippen molar-refractivity contribution in [1.29, 1.82) is 0 Å². The van der Waals surface area contributed by atoms with Crippen molar-refractivity contribution >= 4 is 70.0 Å². The summed E-state index contributed by atoms with van der Waals surface area (Å²) in [5.41, 5.74) is 2.80. The molecule has 4 amide bonds. The molecule has 15 heteroatoms. The van der Waals surface area contributed by atoms with Crippen LogP contribution in [0.4, 0.5) is 17.1 Å². The van der Waals surface area contributed by atoms with Crippen LogP contribution in [0.2, 0.25) is 0 Å². The fraction of sp³-hybridized carbons (Fsp3) is 0.155. The summed E-state index contributed by atoms with van der Waals surface area (Å²) in [6.07, 6.45) is 0. The number of carbonyl (C=O) groups excluding carboxylic acids is 9. The van der Waals surface area contributed by atoms with Crippen LogP contribution < -0.4 is 21.3 Å². The van der Waals surface area contributed by atoms with Crippen LogP contribution in [0.5, 0.6) is 0 Å². The third-order valence-electron chi connectivity index (χ3n) is 11.7. The summed E-state index contributed by atoms with van der Waals surface area (Å²) < 4.78 is 10.5. The highest BCUT2D eigenvalue weighted by molar-refractivity contribution is 6.14. The molecular formula is C58H52N4O11. The molecule has 0 bridgehead atoms. The molecule has 0 unspecified atom stereocenters. The molecule has 0 saturated carbocycles. The molecule has 15 nitrogen and oxygen atoms in total. The number of Topliss-reactive ketones (excluding diaryl/α,β-unsaturated/α-hetero) is 2. The lowest BCUT2D eigenvalue weighted by atomic mass is 9.76. The third-order valence-corrected chi connectivity index (χ3v) is 11.7. The quantitative estimate of drug-likeness (QED) is 0.0340. The van der Waals surface area contributed by atoms with Crippen molar-refractivity contribution in [3.8, 4) is 0 Å². The largest absolute Gasteiger partial charge is 0.454 e. The van der Waals surface area contributed by atoms with Gasteiger partial charge in [-0.05, 0) is 122 Å². The highest BCUT2D eigenvalue weighted by Crippen LogP contribution is 2.35. The molecular weight excluding hydrogens is 929 g/mol. The summed E-state index contributed by atoms with van der Waals surface area (Å²) in [4.78, 5) is 119. The van der Waals surface area contributed by atoms with Gasteiger partial charge < -0.3 is 30.7 Å². The van der Waals surface area contributed by atoms with Gasteiger partial charge in [-0.25, -0.2) is 9.59 Å². The van der Waals surface area contributed by atoms with Crippen LogP contribution in [0.15, 0.2) is 158 Å². The summed E-state index contributed by atoms with van der Waals surface area (Å²) in [6.45, 7) is 14.4. The highest BCUT2D eigenvalue weighted by atomic mass is 16.5. The maximum Gasteiger partial charge on any atom is 0.339 e. The lowest BCUT2D eigenvalue weighted by Gasteiger charge is -2.28. The Labute approximate surface area is 421 Å². The summed E-state index contributed by atoms with van der Waals surface area (Å²) in [5.74, 6) is -5.57. The number of ether oxygens (including phenoxy) is 2. The summed E-state index contributed by atoms with van der Waals surface area (Å²) in [7, 11) is 1.39. The van der Waals surface area contributed by atoms with Gasteiger partial charge in [-0.2, -0.15) is 0 Å². The van der Waals surface area contributed by atoms with Crippen LogP contribution in [-0.4, -0.2) is 73.2 Å². The van der Waals surface area contributed by atoms with Gasteiger partial charge in [0.2, 0.25) is 0 Å². The number of amides is 4. The smallest absolute Gasteiger partial charge is 0.339 e. The van der Waals surface area contributed by atoms with Crippen molar-refractivity contribution < 1.29 is 52.6 Å². The number of aryl methyl sites for hydroxylation is 1. The SMILES string of the molecule is C=C(C)C(=O)COC(=O)c1ccc(C(C)(C)c2ccc(C(=O)OCC(=O)C(=C)C)c(C(=O)Nc3cccc(C(=O)Nc4cccc(C(=O)c5cccc(NC(=O)c6cccc(C)c6)c5)c4)c3)c2)cc1C(=O)NC. The van der Waals surface area contributed by atoms with E-state index in [1.54, 1.807) is 86.6 Å². The Kier molecular flexibility index (Phi) is 16.7. The second-order valence-electron chi connectivity index (χ2n) is 17.6. The van der Waals surface area contributed by atoms with Gasteiger partial charge in [0.25, 0.3) is 23.6 Å². The van der Waals surface area contributed by atoms with E-state index in [9.17, 15) is 43.2 Å². The van der Waals surface area contributed by atoms with Gasteiger partial charge in [0.05, 0.1) is 22.3 Å². The molecule has 0 aliphatic carbocycles. The maximum absolute atomic E-state index is 14.3. The molecule has 0 spiro atoms. The molecule has 0 radical (unpaired) electrons. The van der Waals surface area contributed by atoms with Gasteiger partial charge in [0.15, 0.2) is 30.6 Å². The Hall–Kier alpha value is -9.37. The zero-order valence-corrected chi connectivity index (χ0v) is 41.0. The lowest BCUT2D eigenvalue weighted by molar-refractivity contribution is -0.119. The van der Waals surface area contributed by atoms with E-state index in [-0.39, 0.29) is 61.9 Å². The number of rotatable bonds is 19. The zero-order chi connectivity index (χ0) is 53.1. The molecule has 6 aromatic rings. The van der Waals surface area contributed by atoms with Crippen molar-refractivity contribution in [3.63, 3.8) is 0 Å². The summed E-state index contributed by atoms with van der Waals surface area (Å²) in [5, 5.41) is 10.9. The van der Waals surface area contributed by atoms with Gasteiger partial charge >= 0.3 is 11.9 Å². The zero-order valence-electron chi connectivity index (χ0n) is 41.0. The Balaban J connectivity index is 1.23. The summed E-state index contributed by atoms with van der Waals surface area (Å²) >= 11 is 0. The van der Waals surface area contributed by atoms with Crippen molar-refractivity contribution in [1.82, 2.24) is 5.32 Å². The average Bonchev–Trinajstić information content (AvgIpc) is 3.38. The molecule has 0 aliphatic rings. The first-order valence-electron chi connectivity index (χ1n) is 22.7. The number of hydrogen-bond acceptors (Lipinski definition) is 11. The fourth-order valence-corrected chi connectivity index (χ4v) is 7.34. The monoisotopic (exact) mass is 980 g/mol. The number of ketones is 3. The molecule has 0 heterocycles. The maximum atomic E-state index is 14.3. The van der Waals surface area contributed by atoms with Crippen LogP contribution >= 0.6 is 0 Å². The van der Waals surface area contributed by atoms with Crippen molar-refractivity contribution in [3.05, 3.63) is 219 Å². The number of anilines is 3. The molecule has 0 aromatic heterocycles. The van der Waals surface area contributed by atoms with Crippen LogP contribution in [0.1, 0.15) is 122 Å². The van der Waals surface area contributed by atoms with E-state index in [2.05, 4.69) is 34.4 Å². The Morgan fingerprint density at radius 1 is 0.466 bits per heavy atom. The van der Waals surface area contributed by atoms with Crippen molar-refractivity contribution in [2.45, 2.75) is 40.0 Å². The minimum atomic E-state index is -1.02. The van der Waals surface area contributed by atoms with Gasteiger partial charge in [0, 0.05) is 51.8 Å². The van der Waals surface area contributed by atoms with E-state index in [4.69, 9.17) is 9.47 Å². The minimum Gasteiger partial charge on any atom is -0.454 e. The number of esters is 2. The number of carbonyl (C=O) groups is 9. The Morgan fingerprint density at radius 3 is 1.27 bits per heavy atom. The van der Waals surface area contributed by atoms with Gasteiger partial charge in [-0.3, -0.25) is 33.6 Å². The second-order valence-corrected chi connectivity index (χ2v) is 17.6. The number of nitrogens with one attached hydrogen (secondary N) is 4. The van der Waals surface area contributed by atoms with Crippen LogP contribution in [0, 0.1) is 6.92 Å². The van der Waals surface area contributed by atoms with Crippen molar-refractivity contribution in [2.75, 3.05) is 36.2 Å². The minimum absolute atomic E-state index is 0.0465. The lowest BCUT2D eigenvalue weighted by Crippen LogP contribution is -2.26. The molecule has 0 saturated heterocycles. The van der Waals surface area contributed by atoms with E-state index in [1.165, 1.54) is 75.5 Å². The predicted octanol–water partition coefficient (Wildman–Crippen LogP) is 9.27. The Bertz CT molecular complexity index is 3280. The highest BCUT2D eigenvalue weighted by Gasteiger charge is 2.30. The normalized spacial score (nSPS) is 10.8. The summed E-state index contributed by atoms with van der Waals surface area (Å²) in [6, 6.07) is 34.8. The molecule has 6 aromatic carbocycles. The Morgan fingerprint density at radius 2 is 0.849 bits per heavy atom. The van der Waals surface area contributed by atoms with Gasteiger partial charge in [0.1, 0.15) is 0 Å². The van der Waals surface area contributed by atoms with Crippen molar-refractivity contribution in [2.24, 2.45) is 0 Å². The molecule has 0 atom stereocenters. The standard InChI is InChI=1S/C58H52N4O11/c1-33(2)49(63)31-72-56(70)45-23-21-40(29-47(45)54(68)59-8)58(6,7)41-22-24-46(57(71)73-32-50(64)34(3)4)48(30-41)55(69)62-44-20-12-17-39(28-44)53(67)61-43-19-11-15-37(27-43)51(65)36-14-10-18-42(26-36)60-52(66)38-16-9-13-35(5)25-38/h9-30H,1,3,31-32H2,2,4-8H3,(H,59,68)(H,60,66)(H,61,67)(H,62,69). The first-order valence-corrected chi connectivity index (χ1v) is 22.7. The average molecular weight is 981 g/mol. The van der Waals surface area contributed by atoms with Gasteiger partial charge in [-0.1, -0.05) is 87.2 Å². The van der Waals surface area contributed by atoms with E-state index in [0.717, 1.165) is 5.56 Å².